The van der Waals surface area contributed by atoms with Crippen LogP contribution in [-0.2, 0) is 6.42 Å². The van der Waals surface area contributed by atoms with E-state index in [0.29, 0.717) is 5.69 Å². The van der Waals surface area contributed by atoms with Crippen molar-refractivity contribution in [3.63, 3.8) is 0 Å². The molecule has 0 aliphatic rings. The van der Waals surface area contributed by atoms with Gasteiger partial charge in [-0.2, -0.15) is 5.26 Å². The molecule has 0 aliphatic carbocycles. The zero-order chi connectivity index (χ0) is 8.97. The van der Waals surface area contributed by atoms with Gasteiger partial charge in [0, 0.05) is 5.38 Å². The van der Waals surface area contributed by atoms with Gasteiger partial charge in [0.15, 0.2) is 0 Å². The van der Waals surface area contributed by atoms with Crippen LogP contribution in [0.3, 0.4) is 0 Å². The zero-order valence-electron chi connectivity index (χ0n) is 6.95. The van der Waals surface area contributed by atoms with Crippen LogP contribution in [0.1, 0.15) is 30.1 Å². The van der Waals surface area contributed by atoms with Crippen LogP contribution in [0.4, 0.5) is 0 Å². The number of thiazole rings is 1. The quantitative estimate of drug-likeness (QED) is 0.770. The third-order valence-electron chi connectivity index (χ3n) is 1.49. The van der Waals surface area contributed by atoms with Crippen molar-refractivity contribution < 1.29 is 0 Å². The lowest BCUT2D eigenvalue weighted by Crippen LogP contribution is -2.07. The minimum Gasteiger partial charge on any atom is -0.311 e. The van der Waals surface area contributed by atoms with E-state index >= 15 is 0 Å². The molecule has 0 saturated heterocycles. The van der Waals surface area contributed by atoms with E-state index in [1.54, 1.807) is 11.3 Å². The molecule has 1 atom stereocenters. The summed E-state index contributed by atoms with van der Waals surface area (Å²) in [6.45, 7) is 2.10. The highest BCUT2D eigenvalue weighted by atomic mass is 32.1. The summed E-state index contributed by atoms with van der Waals surface area (Å²) in [7, 11) is 0. The van der Waals surface area contributed by atoms with E-state index in [9.17, 15) is 0 Å². The Hall–Kier alpha value is -0.920. The van der Waals surface area contributed by atoms with Gasteiger partial charge in [-0.15, -0.1) is 11.3 Å². The molecule has 1 heterocycles. The maximum atomic E-state index is 8.52. The van der Waals surface area contributed by atoms with Crippen molar-refractivity contribution in [1.82, 2.24) is 4.98 Å². The van der Waals surface area contributed by atoms with Gasteiger partial charge in [-0.3, -0.25) is 0 Å². The normalized spacial score (nSPS) is 12.4. The summed E-state index contributed by atoms with van der Waals surface area (Å²) in [4.78, 5) is 4.24. The van der Waals surface area contributed by atoms with Gasteiger partial charge in [-0.1, -0.05) is 6.92 Å². The average Bonchev–Trinajstić information content (AvgIpc) is 2.52. The minimum atomic E-state index is -0.563. The predicted molar refractivity (Wildman–Crippen MR) is 48.7 cm³/mol. The molecule has 1 rings (SSSR count). The van der Waals surface area contributed by atoms with Crippen LogP contribution in [0.2, 0.25) is 0 Å². The highest BCUT2D eigenvalue weighted by Crippen LogP contribution is 2.15. The molecule has 12 heavy (non-hydrogen) atoms. The van der Waals surface area contributed by atoms with Crippen molar-refractivity contribution in [3.05, 3.63) is 16.1 Å². The summed E-state index contributed by atoms with van der Waals surface area (Å²) >= 11 is 1.58. The summed E-state index contributed by atoms with van der Waals surface area (Å²) in [6, 6.07) is 1.40. The topological polar surface area (TPSA) is 62.7 Å². The molecule has 64 valence electrons. The Morgan fingerprint density at radius 2 is 2.58 bits per heavy atom. The molecule has 0 fully saturated rings. The molecule has 0 spiro atoms. The van der Waals surface area contributed by atoms with E-state index in [4.69, 9.17) is 11.0 Å². The molecule has 0 radical (unpaired) electrons. The van der Waals surface area contributed by atoms with Gasteiger partial charge in [-0.25, -0.2) is 4.98 Å². The van der Waals surface area contributed by atoms with Gasteiger partial charge in [0.05, 0.1) is 16.8 Å². The van der Waals surface area contributed by atoms with E-state index in [0.717, 1.165) is 17.8 Å². The summed E-state index contributed by atoms with van der Waals surface area (Å²) in [5.41, 5.74) is 6.19. The molecular weight excluding hydrogens is 170 g/mol. The van der Waals surface area contributed by atoms with Crippen molar-refractivity contribution in [3.8, 4) is 6.07 Å². The van der Waals surface area contributed by atoms with Crippen molar-refractivity contribution >= 4 is 11.3 Å². The maximum absolute atomic E-state index is 8.52. The van der Waals surface area contributed by atoms with Crippen LogP contribution in [0.25, 0.3) is 0 Å². The van der Waals surface area contributed by atoms with E-state index in [2.05, 4.69) is 11.9 Å². The largest absolute Gasteiger partial charge is 0.311 e. The molecule has 0 saturated carbocycles. The fraction of sp³-hybridized carbons (Fsp3) is 0.500. The number of nitrogens with two attached hydrogens (primary N) is 1. The summed E-state index contributed by atoms with van der Waals surface area (Å²) in [6.07, 6.45) is 2.05. The highest BCUT2D eigenvalue weighted by Gasteiger charge is 2.08. The third kappa shape index (κ3) is 2.03. The molecule has 3 nitrogen and oxygen atoms in total. The number of rotatable bonds is 3. The number of nitriles is 1. The molecule has 1 aromatic rings. The second-order valence-electron chi connectivity index (χ2n) is 2.52. The molecule has 2 N–H and O–H groups in total. The number of hydrogen-bond donors (Lipinski definition) is 1. The molecule has 0 amide bonds. The van der Waals surface area contributed by atoms with Crippen LogP contribution in [-0.4, -0.2) is 4.98 Å². The minimum absolute atomic E-state index is 0.563. The standard InChI is InChI=1S/C8H11N3S/c1-2-3-8-11-7(5-12-8)6(10)4-9/h5-6H,2-3,10H2,1H3. The number of aromatic nitrogens is 1. The summed E-state index contributed by atoms with van der Waals surface area (Å²) in [5, 5.41) is 11.4. The van der Waals surface area contributed by atoms with Gasteiger partial charge >= 0.3 is 0 Å². The third-order valence-corrected chi connectivity index (χ3v) is 2.42. The van der Waals surface area contributed by atoms with Crippen LogP contribution in [0.5, 0.6) is 0 Å². The fourth-order valence-corrected chi connectivity index (χ4v) is 1.80. The van der Waals surface area contributed by atoms with Crippen molar-refractivity contribution in [2.75, 3.05) is 0 Å². The zero-order valence-corrected chi connectivity index (χ0v) is 7.77. The number of aryl methyl sites for hydroxylation is 1. The number of nitrogens with zero attached hydrogens (tertiary/aromatic N) is 2. The van der Waals surface area contributed by atoms with Crippen molar-refractivity contribution in [1.29, 1.82) is 5.26 Å². The van der Waals surface area contributed by atoms with Crippen LogP contribution in [0, 0.1) is 11.3 Å². The van der Waals surface area contributed by atoms with E-state index in [-0.39, 0.29) is 0 Å². The summed E-state index contributed by atoms with van der Waals surface area (Å²) in [5.74, 6) is 0. The second-order valence-corrected chi connectivity index (χ2v) is 3.47. The molecule has 1 aromatic heterocycles. The van der Waals surface area contributed by atoms with Crippen LogP contribution >= 0.6 is 11.3 Å². The molecular formula is C8H11N3S. The fourth-order valence-electron chi connectivity index (χ4n) is 0.863. The first-order chi connectivity index (χ1) is 5.77. The van der Waals surface area contributed by atoms with E-state index in [1.807, 2.05) is 11.4 Å². The molecule has 0 aromatic carbocycles. The van der Waals surface area contributed by atoms with Crippen LogP contribution < -0.4 is 5.73 Å². The Labute approximate surface area is 75.8 Å². The lowest BCUT2D eigenvalue weighted by molar-refractivity contribution is 0.850. The van der Waals surface area contributed by atoms with Crippen molar-refractivity contribution in [2.24, 2.45) is 5.73 Å². The first-order valence-electron chi connectivity index (χ1n) is 3.87. The van der Waals surface area contributed by atoms with E-state index in [1.165, 1.54) is 0 Å². The number of hydrogen-bond acceptors (Lipinski definition) is 4. The van der Waals surface area contributed by atoms with Crippen LogP contribution in [0.15, 0.2) is 5.38 Å². The average molecular weight is 181 g/mol. The van der Waals surface area contributed by atoms with Gasteiger partial charge in [0.2, 0.25) is 0 Å². The van der Waals surface area contributed by atoms with Crippen molar-refractivity contribution in [2.45, 2.75) is 25.8 Å². The highest BCUT2D eigenvalue weighted by molar-refractivity contribution is 7.09. The predicted octanol–water partition coefficient (Wildman–Crippen LogP) is 1.62. The van der Waals surface area contributed by atoms with Gasteiger partial charge < -0.3 is 5.73 Å². The first kappa shape index (κ1) is 9.17. The Bertz CT molecular complexity index is 287. The second kappa shape index (κ2) is 4.19. The smallest absolute Gasteiger partial charge is 0.136 e. The van der Waals surface area contributed by atoms with E-state index < -0.39 is 6.04 Å². The molecule has 0 aliphatic heterocycles. The Kier molecular flexibility index (Phi) is 3.20. The molecule has 1 unspecified atom stereocenters. The van der Waals surface area contributed by atoms with Gasteiger partial charge in [0.25, 0.3) is 0 Å². The molecule has 4 heteroatoms. The lowest BCUT2D eigenvalue weighted by Gasteiger charge is -1.94. The SMILES string of the molecule is CCCc1nc(C(N)C#N)cs1. The Morgan fingerprint density at radius 1 is 1.83 bits per heavy atom. The monoisotopic (exact) mass is 181 g/mol. The maximum Gasteiger partial charge on any atom is 0.136 e. The van der Waals surface area contributed by atoms with Gasteiger partial charge in [0.1, 0.15) is 6.04 Å². The van der Waals surface area contributed by atoms with Gasteiger partial charge in [-0.05, 0) is 12.8 Å². The lowest BCUT2D eigenvalue weighted by atomic mass is 10.3. The Balaban J connectivity index is 2.71. The first-order valence-corrected chi connectivity index (χ1v) is 4.75. The molecule has 0 bridgehead atoms. The Morgan fingerprint density at radius 3 is 3.17 bits per heavy atom. The summed E-state index contributed by atoms with van der Waals surface area (Å²) < 4.78 is 0.